The number of hydrogen-bond donors (Lipinski definition) is 0. The van der Waals surface area contributed by atoms with Gasteiger partial charge in [-0.1, -0.05) is 43.0 Å². The standard InChI is InChI=1S/C17H17Cl2N3O4/c1-2-3-4-15(21-8-7-20-11-21)16(23)10-17(26-22(24)25)13-6-5-12(18)9-14(13)19/h5-11,15H,2-4H2,1H3/b17-10-. The molecule has 0 saturated heterocycles. The van der Waals surface area contributed by atoms with E-state index in [0.717, 1.165) is 18.9 Å². The molecule has 0 spiro atoms. The van der Waals surface area contributed by atoms with Gasteiger partial charge in [-0.05, 0) is 24.6 Å². The molecule has 0 aliphatic heterocycles. The van der Waals surface area contributed by atoms with Gasteiger partial charge >= 0.3 is 0 Å². The lowest BCUT2D eigenvalue weighted by Gasteiger charge is -2.16. The molecule has 7 nitrogen and oxygen atoms in total. The molecule has 26 heavy (non-hydrogen) atoms. The minimum absolute atomic E-state index is 0.145. The number of unbranched alkanes of at least 4 members (excludes halogenated alkanes) is 1. The summed E-state index contributed by atoms with van der Waals surface area (Å²) in [6.07, 6.45) is 8.17. The van der Waals surface area contributed by atoms with E-state index in [1.807, 2.05) is 6.92 Å². The Kier molecular flexibility index (Phi) is 7.17. The molecule has 0 aliphatic carbocycles. The number of benzene rings is 1. The van der Waals surface area contributed by atoms with Crippen LogP contribution in [0.15, 0.2) is 43.0 Å². The van der Waals surface area contributed by atoms with Crippen molar-refractivity contribution >= 4 is 34.7 Å². The molecule has 9 heteroatoms. The van der Waals surface area contributed by atoms with E-state index in [9.17, 15) is 14.9 Å². The van der Waals surface area contributed by atoms with Crippen molar-refractivity contribution in [3.63, 3.8) is 0 Å². The first kappa shape index (κ1) is 19.9. The fourth-order valence-corrected chi connectivity index (χ4v) is 2.94. The van der Waals surface area contributed by atoms with E-state index in [4.69, 9.17) is 23.2 Å². The summed E-state index contributed by atoms with van der Waals surface area (Å²) in [4.78, 5) is 32.2. The highest BCUT2D eigenvalue weighted by molar-refractivity contribution is 6.35. The van der Waals surface area contributed by atoms with Gasteiger partial charge in [0.05, 0.1) is 17.4 Å². The molecular weight excluding hydrogens is 381 g/mol. The molecule has 1 heterocycles. The van der Waals surface area contributed by atoms with E-state index < -0.39 is 11.1 Å². The second-order valence-corrected chi connectivity index (χ2v) is 6.36. The van der Waals surface area contributed by atoms with Gasteiger partial charge in [0.25, 0.3) is 5.09 Å². The number of hydrogen-bond acceptors (Lipinski definition) is 5. The number of halogens is 2. The molecule has 0 fully saturated rings. The fraction of sp³-hybridized carbons (Fsp3) is 0.294. The predicted molar refractivity (Wildman–Crippen MR) is 98.3 cm³/mol. The molecule has 138 valence electrons. The average molecular weight is 398 g/mol. The molecule has 0 amide bonds. The van der Waals surface area contributed by atoms with Gasteiger partial charge in [0.2, 0.25) is 0 Å². The number of ketones is 1. The SMILES string of the molecule is CCCCC(C(=O)/C=C(\O[N+](=O)[O-])c1ccc(Cl)cc1Cl)n1ccnc1. The maximum Gasteiger partial charge on any atom is 0.299 e. The molecule has 1 aromatic carbocycles. The quantitative estimate of drug-likeness (QED) is 0.264. The van der Waals surface area contributed by atoms with Gasteiger partial charge in [-0.2, -0.15) is 0 Å². The molecule has 2 aromatic rings. The normalized spacial score (nSPS) is 12.7. The van der Waals surface area contributed by atoms with Crippen LogP contribution < -0.4 is 0 Å². The first-order valence-corrected chi connectivity index (χ1v) is 8.68. The third-order valence-corrected chi connectivity index (χ3v) is 4.23. The van der Waals surface area contributed by atoms with Gasteiger partial charge in [-0.25, -0.2) is 4.98 Å². The van der Waals surface area contributed by atoms with E-state index in [0.29, 0.717) is 11.4 Å². The third kappa shape index (κ3) is 5.31. The van der Waals surface area contributed by atoms with Crippen molar-refractivity contribution in [1.82, 2.24) is 9.55 Å². The molecule has 0 aliphatic rings. The number of carbonyl (C=O) groups is 1. The second-order valence-electron chi connectivity index (χ2n) is 5.52. The Morgan fingerprint density at radius 1 is 1.46 bits per heavy atom. The molecule has 0 bridgehead atoms. The summed E-state index contributed by atoms with van der Waals surface area (Å²) in [6.45, 7) is 2.01. The monoisotopic (exact) mass is 397 g/mol. The van der Waals surface area contributed by atoms with Gasteiger partial charge < -0.3 is 4.57 Å². The summed E-state index contributed by atoms with van der Waals surface area (Å²) in [6, 6.07) is 3.86. The molecule has 1 atom stereocenters. The minimum Gasteiger partial charge on any atom is -0.327 e. The second kappa shape index (κ2) is 9.35. The summed E-state index contributed by atoms with van der Waals surface area (Å²) in [5, 5.41) is 10.4. The average Bonchev–Trinajstić information content (AvgIpc) is 3.08. The Morgan fingerprint density at radius 3 is 2.81 bits per heavy atom. The molecule has 0 N–H and O–H groups in total. The maximum absolute atomic E-state index is 12.8. The lowest BCUT2D eigenvalue weighted by molar-refractivity contribution is -0.730. The molecular formula is C17H17Cl2N3O4. The van der Waals surface area contributed by atoms with Crippen LogP contribution in [-0.2, 0) is 9.63 Å². The highest BCUT2D eigenvalue weighted by Gasteiger charge is 2.21. The van der Waals surface area contributed by atoms with Gasteiger partial charge in [0, 0.05) is 29.1 Å². The number of nitrogens with zero attached hydrogens (tertiary/aromatic N) is 3. The van der Waals surface area contributed by atoms with Gasteiger partial charge in [0.1, 0.15) is 5.76 Å². The fourth-order valence-electron chi connectivity index (χ4n) is 2.44. The number of imidazole rings is 1. The minimum atomic E-state index is -0.984. The van der Waals surface area contributed by atoms with E-state index in [1.165, 1.54) is 24.5 Å². The Morgan fingerprint density at radius 2 is 2.23 bits per heavy atom. The Labute approximate surface area is 160 Å². The number of carbonyl (C=O) groups excluding carboxylic acids is 1. The van der Waals surface area contributed by atoms with Crippen LogP contribution in [0.25, 0.3) is 5.76 Å². The van der Waals surface area contributed by atoms with Gasteiger partial charge in [-0.3, -0.25) is 9.63 Å². The van der Waals surface area contributed by atoms with E-state index in [-0.39, 0.29) is 22.1 Å². The summed E-state index contributed by atoms with van der Waals surface area (Å²) < 4.78 is 1.67. The number of aromatic nitrogens is 2. The maximum atomic E-state index is 12.8. The molecule has 1 aromatic heterocycles. The zero-order chi connectivity index (χ0) is 19.1. The topological polar surface area (TPSA) is 87.3 Å². The number of allylic oxidation sites excluding steroid dienone is 1. The lowest BCUT2D eigenvalue weighted by atomic mass is 10.0. The number of rotatable bonds is 9. The first-order chi connectivity index (χ1) is 12.4. The van der Waals surface area contributed by atoms with Crippen molar-refractivity contribution in [3.8, 4) is 0 Å². The van der Waals surface area contributed by atoms with Crippen LogP contribution in [-0.4, -0.2) is 20.4 Å². The smallest absolute Gasteiger partial charge is 0.299 e. The Balaban J connectivity index is 2.39. The van der Waals surface area contributed by atoms with Crippen molar-refractivity contribution in [2.24, 2.45) is 0 Å². The van der Waals surface area contributed by atoms with Gasteiger partial charge in [0.15, 0.2) is 5.78 Å². The zero-order valence-electron chi connectivity index (χ0n) is 14.0. The largest absolute Gasteiger partial charge is 0.327 e. The third-order valence-electron chi connectivity index (χ3n) is 3.69. The Hall–Kier alpha value is -2.38. The van der Waals surface area contributed by atoms with Crippen molar-refractivity contribution in [1.29, 1.82) is 0 Å². The molecule has 1 unspecified atom stereocenters. The summed E-state index contributed by atoms with van der Waals surface area (Å²) >= 11 is 12.0. The van der Waals surface area contributed by atoms with Crippen LogP contribution in [0.3, 0.4) is 0 Å². The van der Waals surface area contributed by atoms with Crippen LogP contribution in [0.5, 0.6) is 0 Å². The summed E-state index contributed by atoms with van der Waals surface area (Å²) in [5.74, 6) is -0.595. The first-order valence-electron chi connectivity index (χ1n) is 7.93. The van der Waals surface area contributed by atoms with Gasteiger partial charge in [-0.15, -0.1) is 10.1 Å². The van der Waals surface area contributed by atoms with Crippen molar-refractivity contribution in [2.45, 2.75) is 32.2 Å². The summed E-state index contributed by atoms with van der Waals surface area (Å²) in [5.41, 5.74) is 0.209. The van der Waals surface area contributed by atoms with Crippen LogP contribution in [0.2, 0.25) is 10.0 Å². The van der Waals surface area contributed by atoms with E-state index in [2.05, 4.69) is 9.82 Å². The van der Waals surface area contributed by atoms with Crippen molar-refractivity contribution in [2.75, 3.05) is 0 Å². The zero-order valence-corrected chi connectivity index (χ0v) is 15.5. The van der Waals surface area contributed by atoms with Crippen molar-refractivity contribution in [3.05, 3.63) is 68.7 Å². The van der Waals surface area contributed by atoms with Crippen molar-refractivity contribution < 1.29 is 14.7 Å². The highest BCUT2D eigenvalue weighted by Crippen LogP contribution is 2.29. The van der Waals surface area contributed by atoms with Crippen LogP contribution in [0.1, 0.15) is 37.8 Å². The van der Waals surface area contributed by atoms with Crippen LogP contribution in [0, 0.1) is 10.1 Å². The predicted octanol–water partition coefficient (Wildman–Crippen LogP) is 4.74. The van der Waals surface area contributed by atoms with E-state index >= 15 is 0 Å². The molecule has 0 radical (unpaired) electrons. The Bertz CT molecular complexity index is 806. The molecule has 2 rings (SSSR count). The van der Waals surface area contributed by atoms with E-state index in [1.54, 1.807) is 17.0 Å². The lowest BCUT2D eigenvalue weighted by Crippen LogP contribution is -2.17. The molecule has 0 saturated carbocycles. The van der Waals surface area contributed by atoms with Crippen LogP contribution >= 0.6 is 23.2 Å². The van der Waals surface area contributed by atoms with Crippen LogP contribution in [0.4, 0.5) is 0 Å². The highest BCUT2D eigenvalue weighted by atomic mass is 35.5. The summed E-state index contributed by atoms with van der Waals surface area (Å²) in [7, 11) is 0.